The van der Waals surface area contributed by atoms with Crippen molar-refractivity contribution in [1.82, 2.24) is 14.8 Å². The topological polar surface area (TPSA) is 111 Å². The molecule has 0 saturated heterocycles. The number of methoxy groups -OCH3 is 1. The Morgan fingerprint density at radius 2 is 2.00 bits per heavy atom. The number of thioether (sulfide) groups is 1. The van der Waals surface area contributed by atoms with Crippen LogP contribution in [0.4, 0.5) is 0 Å². The monoisotopic (exact) mass is 522 g/mol. The number of halogens is 1. The van der Waals surface area contributed by atoms with Crippen LogP contribution in [0.25, 0.3) is 16.9 Å². The van der Waals surface area contributed by atoms with Crippen LogP contribution in [-0.2, 0) is 10.0 Å². The molecule has 0 aliphatic carbocycles. The summed E-state index contributed by atoms with van der Waals surface area (Å²) in [5.41, 5.74) is 2.53. The minimum atomic E-state index is -3.82. The van der Waals surface area contributed by atoms with Gasteiger partial charge >= 0.3 is 0 Å². The van der Waals surface area contributed by atoms with Crippen LogP contribution < -0.4 is 9.88 Å². The summed E-state index contributed by atoms with van der Waals surface area (Å²) in [5, 5.41) is 20.3. The molecule has 172 valence electrons. The number of hydrogen-bond acceptors (Lipinski definition) is 7. The molecule has 3 N–H and O–H groups in total. The second-order valence-corrected chi connectivity index (χ2v) is 10.2. The van der Waals surface area contributed by atoms with Gasteiger partial charge in [0, 0.05) is 18.7 Å². The summed E-state index contributed by atoms with van der Waals surface area (Å²) in [7, 11) is -0.844. The Labute approximate surface area is 206 Å². The Bertz CT molecular complexity index is 1340. The quantitative estimate of drug-likeness (QED) is 0.297. The predicted octanol–water partition coefficient (Wildman–Crippen LogP) is 3.54. The number of aromatic nitrogens is 2. The molecule has 0 aliphatic rings. The van der Waals surface area contributed by atoms with Crippen LogP contribution in [0.3, 0.4) is 0 Å². The van der Waals surface area contributed by atoms with E-state index in [0.29, 0.717) is 37.9 Å². The first kappa shape index (κ1) is 25.0. The number of nitrogens with zero attached hydrogens (tertiary/aromatic N) is 3. The van der Waals surface area contributed by atoms with Crippen molar-refractivity contribution in [3.8, 4) is 34.5 Å². The van der Waals surface area contributed by atoms with Crippen molar-refractivity contribution in [3.05, 3.63) is 59.2 Å². The zero-order chi connectivity index (χ0) is 24.2. The van der Waals surface area contributed by atoms with Gasteiger partial charge in [-0.05, 0) is 48.4 Å². The third kappa shape index (κ3) is 6.26. The molecule has 3 rings (SSSR count). The fourth-order valence-electron chi connectivity index (χ4n) is 2.77. The molecule has 0 atom stereocenters. The van der Waals surface area contributed by atoms with E-state index in [4.69, 9.17) is 33.7 Å². The lowest BCUT2D eigenvalue weighted by molar-refractivity contribution is 0.0205. The maximum Gasteiger partial charge on any atom is 0.238 e. The lowest BCUT2D eigenvalue weighted by Crippen LogP contribution is -2.17. The Kier molecular flexibility index (Phi) is 8.01. The summed E-state index contributed by atoms with van der Waals surface area (Å²) in [5.74, 6) is 6.83. The van der Waals surface area contributed by atoms with Gasteiger partial charge in [-0.1, -0.05) is 41.5 Å². The number of thiocarbonyl (C=S) groups is 1. The summed E-state index contributed by atoms with van der Waals surface area (Å²) >= 11 is 12.5. The number of rotatable bonds is 5. The van der Waals surface area contributed by atoms with E-state index < -0.39 is 10.0 Å². The standard InChI is InChI=1S/C21H19ClN4O4S3/c1-25(27)21(31)32-11-3-4-15-13-19(14-5-10-20(30-2)18(22)12-14)26(24-15)16-6-8-17(9-7-16)33(23,28)29/h5-10,12-13,27H,11H2,1-2H3,(H2,23,28,29). The minimum Gasteiger partial charge on any atom is -0.495 e. The molecular formula is C21H19ClN4O4S3. The molecule has 12 heteroatoms. The number of primary sulfonamides is 1. The van der Waals surface area contributed by atoms with Gasteiger partial charge < -0.3 is 4.74 Å². The van der Waals surface area contributed by atoms with Crippen LogP contribution in [-0.4, -0.2) is 52.7 Å². The Hall–Kier alpha value is -2.59. The van der Waals surface area contributed by atoms with Crippen LogP contribution in [0.2, 0.25) is 5.02 Å². The summed E-state index contributed by atoms with van der Waals surface area (Å²) in [4.78, 5) is -0.00527. The van der Waals surface area contributed by atoms with Crippen LogP contribution in [0.5, 0.6) is 5.75 Å². The third-order valence-electron chi connectivity index (χ3n) is 4.32. The smallest absolute Gasteiger partial charge is 0.238 e. The molecule has 8 nitrogen and oxygen atoms in total. The molecule has 0 fully saturated rings. The first-order valence-corrected chi connectivity index (χ1v) is 12.6. The number of sulfonamides is 1. The van der Waals surface area contributed by atoms with Gasteiger partial charge in [0.05, 0.1) is 34.2 Å². The zero-order valence-corrected chi connectivity index (χ0v) is 20.7. The first-order valence-electron chi connectivity index (χ1n) is 9.25. The van der Waals surface area contributed by atoms with Gasteiger partial charge in [0.25, 0.3) is 0 Å². The molecule has 1 aromatic heterocycles. The summed E-state index contributed by atoms with van der Waals surface area (Å²) in [6.07, 6.45) is 0. The highest BCUT2D eigenvalue weighted by molar-refractivity contribution is 8.23. The van der Waals surface area contributed by atoms with Crippen LogP contribution in [0.1, 0.15) is 5.69 Å². The highest BCUT2D eigenvalue weighted by Crippen LogP contribution is 2.31. The van der Waals surface area contributed by atoms with E-state index in [9.17, 15) is 13.6 Å². The minimum absolute atomic E-state index is 0.00527. The number of hydrogen-bond donors (Lipinski definition) is 2. The molecule has 0 spiro atoms. The second kappa shape index (κ2) is 10.6. The van der Waals surface area contributed by atoms with Crippen LogP contribution >= 0.6 is 35.6 Å². The summed E-state index contributed by atoms with van der Waals surface area (Å²) in [6, 6.07) is 13.1. The largest absolute Gasteiger partial charge is 0.495 e. The fourth-order valence-corrected chi connectivity index (χ4v) is 4.17. The van der Waals surface area contributed by atoms with Crippen molar-refractivity contribution < 1.29 is 18.4 Å². The first-order chi connectivity index (χ1) is 15.6. The van der Waals surface area contributed by atoms with Crippen molar-refractivity contribution >= 4 is 49.9 Å². The molecular weight excluding hydrogens is 504 g/mol. The van der Waals surface area contributed by atoms with Gasteiger partial charge in [-0.25, -0.2) is 23.3 Å². The highest BCUT2D eigenvalue weighted by atomic mass is 35.5. The van der Waals surface area contributed by atoms with E-state index >= 15 is 0 Å². The van der Waals surface area contributed by atoms with Crippen LogP contribution in [0.15, 0.2) is 53.4 Å². The lowest BCUT2D eigenvalue weighted by Gasteiger charge is -2.10. The van der Waals surface area contributed by atoms with Crippen molar-refractivity contribution in [2.75, 3.05) is 19.9 Å². The molecule has 2 aromatic carbocycles. The number of nitrogens with two attached hydrogens (primary N) is 1. The normalized spacial score (nSPS) is 10.9. The van der Waals surface area contributed by atoms with E-state index in [-0.39, 0.29) is 4.90 Å². The maximum atomic E-state index is 11.6. The van der Waals surface area contributed by atoms with Crippen molar-refractivity contribution in [1.29, 1.82) is 0 Å². The molecule has 0 radical (unpaired) electrons. The molecule has 0 aliphatic heterocycles. The SMILES string of the molecule is COc1ccc(-c2cc(C#CCSC(=S)N(C)O)nn2-c2ccc(S(N)(=O)=O)cc2)cc1Cl. The number of benzene rings is 2. The second-order valence-electron chi connectivity index (χ2n) is 6.59. The van der Waals surface area contributed by atoms with E-state index in [1.807, 2.05) is 6.07 Å². The summed E-state index contributed by atoms with van der Waals surface area (Å²) in [6.45, 7) is 0. The van der Waals surface area contributed by atoms with E-state index in [0.717, 1.165) is 10.6 Å². The van der Waals surface area contributed by atoms with Gasteiger partial charge in [0.15, 0.2) is 4.32 Å². The molecule has 33 heavy (non-hydrogen) atoms. The number of hydroxylamine groups is 2. The molecule has 0 unspecified atom stereocenters. The maximum absolute atomic E-state index is 11.6. The van der Waals surface area contributed by atoms with Crippen molar-refractivity contribution in [2.45, 2.75) is 4.90 Å². The molecule has 0 saturated carbocycles. The van der Waals surface area contributed by atoms with Gasteiger partial charge in [-0.3, -0.25) is 5.21 Å². The fraction of sp³-hybridized carbons (Fsp3) is 0.143. The van der Waals surface area contributed by atoms with Gasteiger partial charge in [0.2, 0.25) is 10.0 Å². The summed E-state index contributed by atoms with van der Waals surface area (Å²) < 4.78 is 30.3. The molecule has 1 heterocycles. The Morgan fingerprint density at radius 1 is 1.30 bits per heavy atom. The van der Waals surface area contributed by atoms with E-state index in [1.165, 1.54) is 38.1 Å². The van der Waals surface area contributed by atoms with Crippen LogP contribution in [0, 0.1) is 11.8 Å². The average molecular weight is 523 g/mol. The molecule has 3 aromatic rings. The third-order valence-corrected chi connectivity index (χ3v) is 6.96. The Morgan fingerprint density at radius 3 is 2.58 bits per heavy atom. The van der Waals surface area contributed by atoms with Gasteiger partial charge in [-0.15, -0.1) is 0 Å². The highest BCUT2D eigenvalue weighted by Gasteiger charge is 2.14. The zero-order valence-electron chi connectivity index (χ0n) is 17.5. The molecule has 0 bridgehead atoms. The Balaban J connectivity index is 2.02. The van der Waals surface area contributed by atoms with Gasteiger partial charge in [0.1, 0.15) is 11.4 Å². The van der Waals surface area contributed by atoms with E-state index in [2.05, 4.69) is 16.9 Å². The predicted molar refractivity (Wildman–Crippen MR) is 133 cm³/mol. The van der Waals surface area contributed by atoms with Crippen molar-refractivity contribution in [2.24, 2.45) is 5.14 Å². The average Bonchev–Trinajstić information content (AvgIpc) is 3.20. The van der Waals surface area contributed by atoms with Gasteiger partial charge in [-0.2, -0.15) is 5.10 Å². The van der Waals surface area contributed by atoms with E-state index in [1.54, 1.807) is 35.0 Å². The van der Waals surface area contributed by atoms with Crippen molar-refractivity contribution in [3.63, 3.8) is 0 Å². The molecule has 0 amide bonds. The number of ether oxygens (including phenoxy) is 1. The lowest BCUT2D eigenvalue weighted by atomic mass is 10.1.